The first kappa shape index (κ1) is 18.3. The summed E-state index contributed by atoms with van der Waals surface area (Å²) in [6, 6.07) is 12.8. The molecule has 0 bridgehead atoms. The molecule has 5 nitrogen and oxygen atoms in total. The minimum Gasteiger partial charge on any atom is -0.493 e. The molecule has 0 aliphatic carbocycles. The van der Waals surface area contributed by atoms with Gasteiger partial charge in [0.25, 0.3) is 5.91 Å². The molecular formula is C18H19IN2O3. The van der Waals surface area contributed by atoms with E-state index in [1.165, 1.54) is 0 Å². The molecule has 6 heteroatoms. The van der Waals surface area contributed by atoms with Crippen LogP contribution in [0.3, 0.4) is 0 Å². The standard InChI is InChI=1S/C18H19IN2O3/c1-3-10-24-16-9-4-13(11-17(16)23-2)12-20-21-18(22)14-5-7-15(19)8-6-14/h4-9,11-12H,3,10H2,1-2H3,(H,21,22)/b20-12-. The normalized spacial score (nSPS) is 10.6. The number of amides is 1. The SMILES string of the molecule is CCCOc1ccc(/C=N\NC(=O)c2ccc(I)cc2)cc1OC. The molecule has 0 aliphatic heterocycles. The largest absolute Gasteiger partial charge is 0.493 e. The summed E-state index contributed by atoms with van der Waals surface area (Å²) < 4.78 is 12.0. The van der Waals surface area contributed by atoms with Gasteiger partial charge in [0.2, 0.25) is 0 Å². The molecule has 0 unspecified atom stereocenters. The van der Waals surface area contributed by atoms with E-state index >= 15 is 0 Å². The minimum atomic E-state index is -0.252. The molecule has 24 heavy (non-hydrogen) atoms. The summed E-state index contributed by atoms with van der Waals surface area (Å²) in [5.74, 6) is 1.08. The van der Waals surface area contributed by atoms with E-state index in [0.717, 1.165) is 15.6 Å². The number of halogens is 1. The Morgan fingerprint density at radius 1 is 1.21 bits per heavy atom. The van der Waals surface area contributed by atoms with Crippen molar-refractivity contribution in [1.82, 2.24) is 5.43 Å². The van der Waals surface area contributed by atoms with Crippen molar-refractivity contribution < 1.29 is 14.3 Å². The Kier molecular flexibility index (Phi) is 7.05. The van der Waals surface area contributed by atoms with Gasteiger partial charge < -0.3 is 9.47 Å². The van der Waals surface area contributed by atoms with Gasteiger partial charge in [-0.05, 0) is 77.0 Å². The fraction of sp³-hybridized carbons (Fsp3) is 0.222. The summed E-state index contributed by atoms with van der Waals surface area (Å²) in [5, 5.41) is 3.98. The topological polar surface area (TPSA) is 59.9 Å². The number of carbonyl (C=O) groups excluding carboxylic acids is 1. The molecule has 0 fully saturated rings. The van der Waals surface area contributed by atoms with Crippen LogP contribution in [0.4, 0.5) is 0 Å². The minimum absolute atomic E-state index is 0.252. The molecule has 126 valence electrons. The summed E-state index contributed by atoms with van der Waals surface area (Å²) >= 11 is 2.19. The highest BCUT2D eigenvalue weighted by atomic mass is 127. The first-order valence-corrected chi connectivity index (χ1v) is 8.61. The van der Waals surface area contributed by atoms with Crippen molar-refractivity contribution in [2.24, 2.45) is 5.10 Å². The third-order valence-electron chi connectivity index (χ3n) is 3.14. The first-order valence-electron chi connectivity index (χ1n) is 7.54. The number of hydrogen-bond donors (Lipinski definition) is 1. The van der Waals surface area contributed by atoms with E-state index in [4.69, 9.17) is 9.47 Å². The molecule has 2 aromatic carbocycles. The van der Waals surface area contributed by atoms with Gasteiger partial charge in [0.15, 0.2) is 11.5 Å². The third kappa shape index (κ3) is 5.23. The molecule has 1 amide bonds. The second kappa shape index (κ2) is 9.27. The predicted molar refractivity (Wildman–Crippen MR) is 103 cm³/mol. The fourth-order valence-corrected chi connectivity index (χ4v) is 2.29. The highest BCUT2D eigenvalue weighted by Crippen LogP contribution is 2.27. The maximum Gasteiger partial charge on any atom is 0.271 e. The number of rotatable bonds is 7. The van der Waals surface area contributed by atoms with Crippen molar-refractivity contribution in [3.63, 3.8) is 0 Å². The Hall–Kier alpha value is -2.09. The van der Waals surface area contributed by atoms with Gasteiger partial charge in [0, 0.05) is 9.13 Å². The van der Waals surface area contributed by atoms with E-state index in [1.807, 2.05) is 37.3 Å². The molecule has 0 aromatic heterocycles. The van der Waals surface area contributed by atoms with E-state index in [9.17, 15) is 4.79 Å². The number of nitrogens with zero attached hydrogens (tertiary/aromatic N) is 1. The average molecular weight is 438 g/mol. The molecular weight excluding hydrogens is 419 g/mol. The van der Waals surface area contributed by atoms with Crippen LogP contribution in [0.2, 0.25) is 0 Å². The lowest BCUT2D eigenvalue weighted by Gasteiger charge is -2.10. The number of carbonyl (C=O) groups is 1. The van der Waals surface area contributed by atoms with Gasteiger partial charge in [-0.2, -0.15) is 5.10 Å². The van der Waals surface area contributed by atoms with E-state index in [0.29, 0.717) is 23.7 Å². The summed E-state index contributed by atoms with van der Waals surface area (Å²) in [7, 11) is 1.59. The highest BCUT2D eigenvalue weighted by Gasteiger charge is 2.05. The van der Waals surface area contributed by atoms with E-state index in [-0.39, 0.29) is 5.91 Å². The van der Waals surface area contributed by atoms with E-state index in [1.54, 1.807) is 25.5 Å². The van der Waals surface area contributed by atoms with Gasteiger partial charge in [0.05, 0.1) is 19.9 Å². The van der Waals surface area contributed by atoms with Crippen LogP contribution in [0.5, 0.6) is 11.5 Å². The Morgan fingerprint density at radius 3 is 2.62 bits per heavy atom. The Labute approximate surface area is 155 Å². The average Bonchev–Trinajstić information content (AvgIpc) is 2.60. The number of methoxy groups -OCH3 is 1. The monoisotopic (exact) mass is 438 g/mol. The van der Waals surface area contributed by atoms with Gasteiger partial charge in [0.1, 0.15) is 0 Å². The van der Waals surface area contributed by atoms with Crippen molar-refractivity contribution >= 4 is 34.7 Å². The van der Waals surface area contributed by atoms with Gasteiger partial charge in [-0.1, -0.05) is 6.92 Å². The van der Waals surface area contributed by atoms with Crippen molar-refractivity contribution in [2.75, 3.05) is 13.7 Å². The second-order valence-corrected chi connectivity index (χ2v) is 6.21. The fourth-order valence-electron chi connectivity index (χ4n) is 1.93. The Morgan fingerprint density at radius 2 is 1.96 bits per heavy atom. The van der Waals surface area contributed by atoms with Crippen molar-refractivity contribution in [2.45, 2.75) is 13.3 Å². The summed E-state index contributed by atoms with van der Waals surface area (Å²) in [6.45, 7) is 2.68. The Balaban J connectivity index is 2.00. The molecule has 0 spiro atoms. The zero-order valence-electron chi connectivity index (χ0n) is 13.6. The van der Waals surface area contributed by atoms with Crippen LogP contribution < -0.4 is 14.9 Å². The molecule has 0 heterocycles. The number of ether oxygens (including phenoxy) is 2. The highest BCUT2D eigenvalue weighted by molar-refractivity contribution is 14.1. The third-order valence-corrected chi connectivity index (χ3v) is 3.85. The van der Waals surface area contributed by atoms with Crippen LogP contribution in [0.1, 0.15) is 29.3 Å². The maximum absolute atomic E-state index is 12.0. The van der Waals surface area contributed by atoms with Gasteiger partial charge in [-0.15, -0.1) is 0 Å². The van der Waals surface area contributed by atoms with Crippen LogP contribution in [-0.4, -0.2) is 25.8 Å². The second-order valence-electron chi connectivity index (χ2n) is 4.96. The van der Waals surface area contributed by atoms with Gasteiger partial charge >= 0.3 is 0 Å². The molecule has 0 saturated carbocycles. The molecule has 0 aliphatic rings. The zero-order valence-corrected chi connectivity index (χ0v) is 15.7. The first-order chi connectivity index (χ1) is 11.6. The Bertz CT molecular complexity index is 715. The van der Waals surface area contributed by atoms with Crippen molar-refractivity contribution in [1.29, 1.82) is 0 Å². The lowest BCUT2D eigenvalue weighted by atomic mass is 10.2. The summed E-state index contributed by atoms with van der Waals surface area (Å²) in [5.41, 5.74) is 3.88. The summed E-state index contributed by atoms with van der Waals surface area (Å²) in [6.07, 6.45) is 2.49. The van der Waals surface area contributed by atoms with E-state index < -0.39 is 0 Å². The molecule has 0 atom stereocenters. The lowest BCUT2D eigenvalue weighted by molar-refractivity contribution is 0.0955. The van der Waals surface area contributed by atoms with E-state index in [2.05, 4.69) is 33.1 Å². The molecule has 0 radical (unpaired) electrons. The lowest BCUT2D eigenvalue weighted by Crippen LogP contribution is -2.17. The number of nitrogens with one attached hydrogen (secondary N) is 1. The maximum atomic E-state index is 12.0. The smallest absolute Gasteiger partial charge is 0.271 e. The van der Waals surface area contributed by atoms with Crippen LogP contribution in [-0.2, 0) is 0 Å². The van der Waals surface area contributed by atoms with Crippen LogP contribution in [0.15, 0.2) is 47.6 Å². The van der Waals surface area contributed by atoms with Crippen molar-refractivity contribution in [3.05, 3.63) is 57.2 Å². The zero-order chi connectivity index (χ0) is 17.4. The van der Waals surface area contributed by atoms with Gasteiger partial charge in [-0.25, -0.2) is 5.43 Å². The molecule has 2 aromatic rings. The number of benzene rings is 2. The van der Waals surface area contributed by atoms with Crippen LogP contribution in [0.25, 0.3) is 0 Å². The molecule has 1 N–H and O–H groups in total. The van der Waals surface area contributed by atoms with Crippen LogP contribution in [0, 0.1) is 3.57 Å². The van der Waals surface area contributed by atoms with Crippen LogP contribution >= 0.6 is 22.6 Å². The quantitative estimate of drug-likeness (QED) is 0.406. The van der Waals surface area contributed by atoms with Gasteiger partial charge in [-0.3, -0.25) is 4.79 Å². The molecule has 0 saturated heterocycles. The predicted octanol–water partition coefficient (Wildman–Crippen LogP) is 3.85. The van der Waals surface area contributed by atoms with Crippen molar-refractivity contribution in [3.8, 4) is 11.5 Å². The number of hydrazone groups is 1. The summed E-state index contributed by atoms with van der Waals surface area (Å²) in [4.78, 5) is 12.0. The number of hydrogen-bond acceptors (Lipinski definition) is 4. The molecule has 2 rings (SSSR count).